The van der Waals surface area contributed by atoms with E-state index in [-0.39, 0.29) is 12.1 Å². The number of anilines is 1. The van der Waals surface area contributed by atoms with E-state index < -0.39 is 0 Å². The zero-order valence-electron chi connectivity index (χ0n) is 22.7. The highest BCUT2D eigenvalue weighted by Crippen LogP contribution is 2.43. The van der Waals surface area contributed by atoms with Crippen LogP contribution in [0.2, 0.25) is 0 Å². The van der Waals surface area contributed by atoms with Crippen LogP contribution in [0.3, 0.4) is 0 Å². The summed E-state index contributed by atoms with van der Waals surface area (Å²) in [6.07, 6.45) is 3.47. The van der Waals surface area contributed by atoms with Crippen molar-refractivity contribution in [1.82, 2.24) is 29.7 Å². The zero-order chi connectivity index (χ0) is 27.5. The van der Waals surface area contributed by atoms with Crippen LogP contribution in [0.1, 0.15) is 31.4 Å². The van der Waals surface area contributed by atoms with Crippen LogP contribution in [-0.4, -0.2) is 62.4 Å². The van der Waals surface area contributed by atoms with Gasteiger partial charge in [0.2, 0.25) is 5.95 Å². The maximum atomic E-state index is 12.7. The van der Waals surface area contributed by atoms with Crippen LogP contribution in [-0.2, 0) is 6.54 Å². The highest BCUT2D eigenvalue weighted by molar-refractivity contribution is 7.99. The Labute approximate surface area is 238 Å². The summed E-state index contributed by atoms with van der Waals surface area (Å²) in [6.45, 7) is 4.12. The Kier molecular flexibility index (Phi) is 7.59. The van der Waals surface area contributed by atoms with E-state index in [2.05, 4.69) is 33.2 Å². The number of piperidine rings is 1. The van der Waals surface area contributed by atoms with Crippen LogP contribution in [0.15, 0.2) is 72.0 Å². The molecule has 4 heterocycles. The van der Waals surface area contributed by atoms with Gasteiger partial charge in [0.15, 0.2) is 5.16 Å². The molecule has 0 spiro atoms. The van der Waals surface area contributed by atoms with Gasteiger partial charge in [0.25, 0.3) is 0 Å². The Bertz CT molecular complexity index is 1480. The number of carbonyl (C=O) groups excluding carboxylic acids is 1. The molecule has 2 aromatic carbocycles. The van der Waals surface area contributed by atoms with Crippen molar-refractivity contribution in [2.24, 2.45) is 0 Å². The second-order valence-electron chi connectivity index (χ2n) is 10.2. The molecule has 2 aromatic heterocycles. The number of rotatable bonds is 7. The van der Waals surface area contributed by atoms with Crippen LogP contribution >= 0.6 is 11.8 Å². The van der Waals surface area contributed by atoms with Crippen molar-refractivity contribution >= 4 is 23.7 Å². The Hall–Kier alpha value is -4.05. The Morgan fingerprint density at radius 2 is 1.90 bits per heavy atom. The lowest BCUT2D eigenvalue weighted by atomic mass is 10.1. The maximum Gasteiger partial charge on any atom is 0.317 e. The molecule has 2 amide bonds. The molecule has 0 bridgehead atoms. The Morgan fingerprint density at radius 3 is 2.70 bits per heavy atom. The molecule has 0 saturated carbocycles. The predicted octanol–water partition coefficient (Wildman–Crippen LogP) is 5.47. The summed E-state index contributed by atoms with van der Waals surface area (Å²) in [7, 11) is 1.68. The van der Waals surface area contributed by atoms with Gasteiger partial charge in [0.05, 0.1) is 24.2 Å². The number of nitrogens with zero attached hydrogens (tertiary/aromatic N) is 5. The summed E-state index contributed by atoms with van der Waals surface area (Å²) in [6, 6.07) is 20.4. The quantitative estimate of drug-likeness (QED) is 0.312. The largest absolute Gasteiger partial charge is 0.497 e. The fourth-order valence-electron chi connectivity index (χ4n) is 5.26. The molecule has 1 fully saturated rings. The fourth-order valence-corrected chi connectivity index (χ4v) is 6.37. The summed E-state index contributed by atoms with van der Waals surface area (Å²) in [4.78, 5) is 29.1. The first-order valence-electron chi connectivity index (χ1n) is 13.6. The SMILES string of the molecule is COc1cccc(-c2nc3n(c2-c2ccnc(NC4CCN(C(=O)NCc5ccccc5)CC4)n2)C(C)CS3)c1. The molecule has 2 aliphatic rings. The molecule has 10 heteroatoms. The van der Waals surface area contributed by atoms with E-state index >= 15 is 0 Å². The van der Waals surface area contributed by atoms with Crippen molar-refractivity contribution in [2.75, 3.05) is 31.3 Å². The number of aromatic nitrogens is 4. The second kappa shape index (κ2) is 11.6. The summed E-state index contributed by atoms with van der Waals surface area (Å²) >= 11 is 1.77. The maximum absolute atomic E-state index is 12.7. The van der Waals surface area contributed by atoms with E-state index in [0.29, 0.717) is 31.6 Å². The lowest BCUT2D eigenvalue weighted by Crippen LogP contribution is -2.46. The van der Waals surface area contributed by atoms with Gasteiger partial charge in [-0.05, 0) is 43.5 Å². The minimum absolute atomic E-state index is 0.0211. The highest BCUT2D eigenvalue weighted by atomic mass is 32.2. The van der Waals surface area contributed by atoms with E-state index in [1.807, 2.05) is 59.5 Å². The number of methoxy groups -OCH3 is 1. The molecular weight excluding hydrogens is 522 g/mol. The molecule has 2 aliphatic heterocycles. The number of benzene rings is 2. The smallest absolute Gasteiger partial charge is 0.317 e. The molecule has 1 saturated heterocycles. The van der Waals surface area contributed by atoms with Gasteiger partial charge in [0.1, 0.15) is 5.75 Å². The average molecular weight is 556 g/mol. The van der Waals surface area contributed by atoms with E-state index in [1.165, 1.54) is 0 Å². The van der Waals surface area contributed by atoms with Crippen LogP contribution in [0.25, 0.3) is 22.6 Å². The highest BCUT2D eigenvalue weighted by Gasteiger charge is 2.30. The molecule has 1 atom stereocenters. The summed E-state index contributed by atoms with van der Waals surface area (Å²) in [5, 5.41) is 7.56. The second-order valence-corrected chi connectivity index (χ2v) is 11.2. The van der Waals surface area contributed by atoms with E-state index in [1.54, 1.807) is 25.1 Å². The normalized spacial score (nSPS) is 16.9. The first-order chi connectivity index (χ1) is 19.6. The molecule has 0 radical (unpaired) electrons. The Balaban J connectivity index is 1.15. The number of urea groups is 1. The monoisotopic (exact) mass is 555 g/mol. The third-order valence-corrected chi connectivity index (χ3v) is 8.61. The van der Waals surface area contributed by atoms with E-state index in [4.69, 9.17) is 14.7 Å². The minimum Gasteiger partial charge on any atom is -0.497 e. The van der Waals surface area contributed by atoms with E-state index in [0.717, 1.165) is 57.7 Å². The third-order valence-electron chi connectivity index (χ3n) is 7.42. The minimum atomic E-state index is -0.0211. The number of fused-ring (bicyclic) bond motifs is 1. The van der Waals surface area contributed by atoms with Crippen molar-refractivity contribution < 1.29 is 9.53 Å². The van der Waals surface area contributed by atoms with Gasteiger partial charge >= 0.3 is 6.03 Å². The summed E-state index contributed by atoms with van der Waals surface area (Å²) in [5.41, 5.74) is 4.82. The fraction of sp³-hybridized carbons (Fsp3) is 0.333. The zero-order valence-corrected chi connectivity index (χ0v) is 23.5. The molecule has 4 aromatic rings. The topological polar surface area (TPSA) is 97.2 Å². The number of thioether (sulfide) groups is 1. The first kappa shape index (κ1) is 26.2. The lowest BCUT2D eigenvalue weighted by molar-refractivity contribution is 0.183. The number of nitrogens with one attached hydrogen (secondary N) is 2. The third kappa shape index (κ3) is 5.49. The van der Waals surface area contributed by atoms with Gasteiger partial charge in [0, 0.05) is 49.2 Å². The van der Waals surface area contributed by atoms with Crippen LogP contribution in [0.5, 0.6) is 5.75 Å². The van der Waals surface area contributed by atoms with Gasteiger partial charge in [-0.15, -0.1) is 0 Å². The molecule has 0 aliphatic carbocycles. The number of hydrogen-bond donors (Lipinski definition) is 2. The Morgan fingerprint density at radius 1 is 1.07 bits per heavy atom. The molecule has 6 rings (SSSR count). The van der Waals surface area contributed by atoms with Crippen LogP contribution in [0.4, 0.5) is 10.7 Å². The first-order valence-corrected chi connectivity index (χ1v) is 14.6. The molecule has 2 N–H and O–H groups in total. The van der Waals surface area contributed by atoms with Crippen molar-refractivity contribution in [2.45, 2.75) is 43.6 Å². The lowest BCUT2D eigenvalue weighted by Gasteiger charge is -2.32. The van der Waals surface area contributed by atoms with Gasteiger partial charge in [-0.2, -0.15) is 0 Å². The van der Waals surface area contributed by atoms with Gasteiger partial charge in [-0.3, -0.25) is 0 Å². The van der Waals surface area contributed by atoms with Gasteiger partial charge < -0.3 is 24.8 Å². The standard InChI is InChI=1S/C30H33N7O2S/c1-20-19-40-30-35-26(22-9-6-10-24(17-22)39-2)27(37(20)30)25-11-14-31-28(34-25)33-23-12-15-36(16-13-23)29(38)32-18-21-7-4-3-5-8-21/h3-11,14,17,20,23H,12-13,15-16,18-19H2,1-2H3,(H,32,38)(H,31,33,34). The number of hydrogen-bond acceptors (Lipinski definition) is 7. The van der Waals surface area contributed by atoms with Crippen molar-refractivity contribution in [3.63, 3.8) is 0 Å². The van der Waals surface area contributed by atoms with E-state index in [9.17, 15) is 4.79 Å². The molecule has 40 heavy (non-hydrogen) atoms. The number of likely N-dealkylation sites (tertiary alicyclic amines) is 1. The van der Waals surface area contributed by atoms with Crippen LogP contribution < -0.4 is 15.4 Å². The number of imidazole rings is 1. The molecule has 9 nitrogen and oxygen atoms in total. The summed E-state index contributed by atoms with van der Waals surface area (Å²) in [5.74, 6) is 2.37. The van der Waals surface area contributed by atoms with Crippen molar-refractivity contribution in [1.29, 1.82) is 0 Å². The molecule has 1 unspecified atom stereocenters. The van der Waals surface area contributed by atoms with Gasteiger partial charge in [-0.1, -0.05) is 54.2 Å². The average Bonchev–Trinajstić information content (AvgIpc) is 3.56. The number of amides is 2. The van der Waals surface area contributed by atoms with Gasteiger partial charge in [-0.25, -0.2) is 19.7 Å². The molecule has 206 valence electrons. The molecular formula is C30H33N7O2S. The van der Waals surface area contributed by atoms with Crippen molar-refractivity contribution in [3.05, 3.63) is 72.4 Å². The number of carbonyl (C=O) groups is 1. The van der Waals surface area contributed by atoms with Crippen molar-refractivity contribution in [3.8, 4) is 28.4 Å². The summed E-state index contributed by atoms with van der Waals surface area (Å²) < 4.78 is 7.77. The van der Waals surface area contributed by atoms with Crippen LogP contribution in [0, 0.1) is 0 Å². The predicted molar refractivity (Wildman–Crippen MR) is 158 cm³/mol. The number of ether oxygens (including phenoxy) is 1.